The van der Waals surface area contributed by atoms with Gasteiger partial charge in [-0.05, 0) is 48.5 Å². The average Bonchev–Trinajstić information content (AvgIpc) is 2.94. The first kappa shape index (κ1) is 71.7. The van der Waals surface area contributed by atoms with Crippen LogP contribution in [0.1, 0.15) is 0 Å². The molecule has 7 nitrogen and oxygen atoms in total. The van der Waals surface area contributed by atoms with E-state index in [4.69, 9.17) is 50.5 Å². The van der Waals surface area contributed by atoms with Crippen LogP contribution in [0, 0.1) is 0 Å². The van der Waals surface area contributed by atoms with Crippen molar-refractivity contribution in [3.05, 3.63) is 97.1 Å². The quantitative estimate of drug-likeness (QED) is 0.0669. The fourth-order valence-corrected chi connectivity index (χ4v) is 4.12. The first-order chi connectivity index (χ1) is 24.9. The molecule has 0 unspecified atom stereocenters. The Morgan fingerprint density at radius 2 is 0.355 bits per heavy atom. The Morgan fingerprint density at radius 1 is 0.274 bits per heavy atom. The summed E-state index contributed by atoms with van der Waals surface area (Å²) >= 11 is 20.0. The molecule has 0 spiro atoms. The topological polar surface area (TPSA) is 94.5 Å². The van der Waals surface area contributed by atoms with Crippen LogP contribution in [0.15, 0.2) is 117 Å². The van der Waals surface area contributed by atoms with Gasteiger partial charge in [0, 0.05) is 0 Å². The van der Waals surface area contributed by atoms with Crippen molar-refractivity contribution in [2.45, 2.75) is 19.6 Å². The largest absolute Gasteiger partial charge is 2.00 e. The first-order valence-electron chi connectivity index (χ1n) is 16.4. The number of hydrogen-bond donors (Lipinski definition) is 0. The first-order valence-corrected chi connectivity index (χ1v) is 22.1. The minimum Gasteiger partial charge on any atom is -0.412 e. The van der Waals surface area contributed by atoms with Gasteiger partial charge in [-0.2, -0.15) is 19.6 Å². The molecular formula is C36H58F12N4O3P2S4Zn. The molecule has 0 aliphatic heterocycles. The van der Waals surface area contributed by atoms with Crippen LogP contribution >= 0.6 is 15.6 Å². The van der Waals surface area contributed by atoms with Crippen molar-refractivity contribution >= 4 is 88.9 Å². The molecule has 62 heavy (non-hydrogen) atoms. The van der Waals surface area contributed by atoms with E-state index in [1.54, 1.807) is 0 Å². The third-order valence-corrected chi connectivity index (χ3v) is 7.53. The van der Waals surface area contributed by atoms with Crippen LogP contribution in [0.25, 0.3) is 0 Å². The molecule has 0 aliphatic carbocycles. The van der Waals surface area contributed by atoms with Gasteiger partial charge >= 0.3 is 85.5 Å². The number of benzene rings is 4. The van der Waals surface area contributed by atoms with Crippen LogP contribution in [0.3, 0.4) is 0 Å². The van der Waals surface area contributed by atoms with Crippen molar-refractivity contribution in [3.8, 4) is 0 Å². The van der Waals surface area contributed by atoms with Gasteiger partial charge < -0.3 is 66.9 Å². The van der Waals surface area contributed by atoms with E-state index in [9.17, 15) is 50.4 Å². The number of rotatable bonds is 4. The van der Waals surface area contributed by atoms with Crippen LogP contribution in [0.2, 0.25) is 0 Å². The van der Waals surface area contributed by atoms with E-state index >= 15 is 0 Å². The van der Waals surface area contributed by atoms with Gasteiger partial charge in [0.2, 0.25) is 0 Å². The molecule has 0 aliphatic rings. The van der Waals surface area contributed by atoms with Gasteiger partial charge in [0.05, 0.1) is 84.6 Å². The van der Waals surface area contributed by atoms with Gasteiger partial charge in [0.15, 0.2) is 0 Å². The van der Waals surface area contributed by atoms with Crippen molar-refractivity contribution in [1.29, 1.82) is 0 Å². The standard InChI is InChI=1S/4C9H13NS.2F6P.3H2O.Zn/c4*1-10(2,3)8-4-6-9(11)7-5-8;2*1-7(2,3,4,5)6;;;;/h4*4-7H,1-3H3;;;3*1H2;/q;;;;2*-1;;;;+2. The second-order valence-corrected chi connectivity index (χ2v) is 21.7. The third kappa shape index (κ3) is 49.1. The Labute approximate surface area is 392 Å². The zero-order valence-corrected chi connectivity index (χ0v) is 44.3. The van der Waals surface area contributed by atoms with Gasteiger partial charge in [0.1, 0.15) is 22.7 Å². The second kappa shape index (κ2) is 23.5. The summed E-state index contributed by atoms with van der Waals surface area (Å²) in [6.45, 7) is 0. The van der Waals surface area contributed by atoms with E-state index in [0.29, 0.717) is 0 Å². The average molecular weight is 1080 g/mol. The Balaban J connectivity index is -0.000000151. The summed E-state index contributed by atoms with van der Waals surface area (Å²) in [6.07, 6.45) is 0. The van der Waals surface area contributed by atoms with Crippen LogP contribution in [0.4, 0.5) is 73.1 Å². The van der Waals surface area contributed by atoms with Gasteiger partial charge in [-0.25, -0.2) is 0 Å². The van der Waals surface area contributed by atoms with Crippen LogP contribution in [-0.4, -0.2) is 101 Å². The Hall–Kier alpha value is -1.88. The minimum absolute atomic E-state index is 0. The van der Waals surface area contributed by atoms with Crippen LogP contribution in [0.5, 0.6) is 0 Å². The Bertz CT molecular complexity index is 1590. The molecule has 0 saturated carbocycles. The van der Waals surface area contributed by atoms with E-state index in [1.807, 2.05) is 48.5 Å². The summed E-state index contributed by atoms with van der Waals surface area (Å²) in [6, 6.07) is 32.3. The molecule has 26 heteroatoms. The smallest absolute Gasteiger partial charge is 0.412 e. The third-order valence-electron chi connectivity index (χ3n) is 6.45. The predicted molar refractivity (Wildman–Crippen MR) is 245 cm³/mol. The van der Waals surface area contributed by atoms with Crippen LogP contribution in [-0.2, 0) is 70.0 Å². The van der Waals surface area contributed by atoms with E-state index < -0.39 is 15.6 Å². The van der Waals surface area contributed by atoms with Gasteiger partial charge in [0.25, 0.3) is 0 Å². The molecule has 0 aromatic heterocycles. The SMILES string of the molecule is C[N+](C)(C)c1ccc([S-])cc1.C[N+](C)(C)c1ccc([S-])cc1.C[N+](C)(C)c1ccc([S-])cc1.C[N+](C)(C)c1ccc([S-])cc1.F[P-](F)(F)(F)(F)F.F[P-](F)(F)(F)(F)F.O.O.O.[Zn+2]. The molecule has 0 saturated heterocycles. The summed E-state index contributed by atoms with van der Waals surface area (Å²) in [7, 11) is 4.33. The fourth-order valence-electron chi connectivity index (χ4n) is 3.57. The van der Waals surface area contributed by atoms with Gasteiger partial charge in [-0.15, -0.1) is 0 Å². The summed E-state index contributed by atoms with van der Waals surface area (Å²) in [4.78, 5) is 3.62. The summed E-state index contributed by atoms with van der Waals surface area (Å²) in [5, 5.41) is 0. The van der Waals surface area contributed by atoms with Crippen molar-refractivity contribution in [2.24, 2.45) is 0 Å². The molecular weight excluding hydrogens is 1020 g/mol. The molecule has 0 fully saturated rings. The predicted octanol–water partition coefficient (Wildman–Crippen LogP) is 11.4. The Morgan fingerprint density at radius 3 is 0.419 bits per heavy atom. The van der Waals surface area contributed by atoms with E-state index in [0.717, 1.165) is 37.5 Å². The summed E-state index contributed by atoms with van der Waals surface area (Å²) < 4.78 is 122. The maximum absolute atomic E-state index is 10.7. The van der Waals surface area contributed by atoms with Crippen molar-refractivity contribution < 1.29 is 86.3 Å². The minimum atomic E-state index is -10.7. The number of quaternary nitrogens is 4. The molecule has 0 bridgehead atoms. The van der Waals surface area contributed by atoms with E-state index in [-0.39, 0.29) is 35.9 Å². The van der Waals surface area contributed by atoms with Gasteiger partial charge in [-0.1, -0.05) is 48.5 Å². The van der Waals surface area contributed by atoms with E-state index in [2.05, 4.69) is 133 Å². The monoisotopic (exact) mass is 1080 g/mol. The molecule has 360 valence electrons. The maximum atomic E-state index is 9.87. The summed E-state index contributed by atoms with van der Waals surface area (Å²) in [5.41, 5.74) is 5.11. The molecule has 0 atom stereocenters. The molecule has 0 radical (unpaired) electrons. The maximum Gasteiger partial charge on any atom is 2.00 e. The van der Waals surface area contributed by atoms with Crippen molar-refractivity contribution in [3.63, 3.8) is 0 Å². The molecule has 0 amide bonds. The molecule has 0 heterocycles. The van der Waals surface area contributed by atoms with Crippen molar-refractivity contribution in [1.82, 2.24) is 17.9 Å². The zero-order valence-electron chi connectivity index (χ0n) is 36.3. The fraction of sp³-hybridized carbons (Fsp3) is 0.333. The second-order valence-electron chi connectivity index (χ2n) is 15.9. The summed E-state index contributed by atoms with van der Waals surface area (Å²) in [5.74, 6) is 0. The molecule has 4 aromatic rings. The Kier molecular flexibility index (Phi) is 27.2. The van der Waals surface area contributed by atoms with E-state index in [1.165, 1.54) is 22.7 Å². The van der Waals surface area contributed by atoms with Crippen molar-refractivity contribution in [2.75, 3.05) is 84.6 Å². The zero-order chi connectivity index (χ0) is 46.7. The molecule has 6 N–H and O–H groups in total. The van der Waals surface area contributed by atoms with Crippen LogP contribution < -0.4 is 17.9 Å². The molecule has 4 rings (SSSR count). The molecule has 4 aromatic carbocycles. The normalized spacial score (nSPS) is 13.4. The van der Waals surface area contributed by atoms with Gasteiger partial charge in [-0.3, -0.25) is 17.9 Å². The number of hydrogen-bond acceptors (Lipinski definition) is 4. The number of halogens is 12. The number of nitrogens with zero attached hydrogens (tertiary/aromatic N) is 4.